The number of aromatic nitrogens is 3. The van der Waals surface area contributed by atoms with Gasteiger partial charge in [0.15, 0.2) is 11.0 Å². The van der Waals surface area contributed by atoms with Crippen molar-refractivity contribution in [2.75, 3.05) is 12.4 Å². The summed E-state index contributed by atoms with van der Waals surface area (Å²) in [4.78, 5) is 12.8. The molecule has 4 aromatic rings. The summed E-state index contributed by atoms with van der Waals surface area (Å²) in [6.07, 6.45) is 0.768. The number of aryl methyl sites for hydroxylation is 1. The van der Waals surface area contributed by atoms with E-state index in [0.29, 0.717) is 23.3 Å². The zero-order valence-corrected chi connectivity index (χ0v) is 19.8. The number of carbonyl (C=O) groups excluding carboxylic acids is 1. The predicted octanol–water partition coefficient (Wildman–Crippen LogP) is 5.45. The zero-order chi connectivity index (χ0) is 23.9. The third-order valence-corrected chi connectivity index (χ3v) is 6.40. The number of methoxy groups -OCH3 is 1. The second-order valence-electron chi connectivity index (χ2n) is 7.62. The monoisotopic (exact) mass is 476 g/mol. The highest BCUT2D eigenvalue weighted by Gasteiger charge is 2.23. The van der Waals surface area contributed by atoms with E-state index in [1.165, 1.54) is 29.5 Å². The van der Waals surface area contributed by atoms with E-state index in [1.807, 2.05) is 47.0 Å². The molecule has 0 saturated carbocycles. The van der Waals surface area contributed by atoms with Crippen LogP contribution in [0.3, 0.4) is 0 Å². The fourth-order valence-corrected chi connectivity index (χ4v) is 4.38. The molecule has 174 valence electrons. The lowest BCUT2D eigenvalue weighted by molar-refractivity contribution is -0.115. The van der Waals surface area contributed by atoms with Gasteiger partial charge >= 0.3 is 0 Å². The summed E-state index contributed by atoms with van der Waals surface area (Å²) in [6.45, 7) is 2.38. The number of ether oxygens (including phenoxy) is 1. The van der Waals surface area contributed by atoms with Crippen LogP contribution in [0.25, 0.3) is 11.4 Å². The Morgan fingerprint density at radius 1 is 1.03 bits per heavy atom. The predicted molar refractivity (Wildman–Crippen MR) is 133 cm³/mol. The van der Waals surface area contributed by atoms with Gasteiger partial charge in [0.2, 0.25) is 5.91 Å². The molecule has 6 nitrogen and oxygen atoms in total. The lowest BCUT2D eigenvalue weighted by atomic mass is 10.1. The third kappa shape index (κ3) is 5.46. The molecule has 0 aliphatic rings. The molecule has 1 atom stereocenters. The van der Waals surface area contributed by atoms with E-state index in [0.717, 1.165) is 12.0 Å². The van der Waals surface area contributed by atoms with Gasteiger partial charge in [0.25, 0.3) is 0 Å². The largest absolute Gasteiger partial charge is 0.496 e. The molecule has 4 rings (SSSR count). The average molecular weight is 477 g/mol. The Balaban J connectivity index is 1.60. The highest BCUT2D eigenvalue weighted by atomic mass is 32.2. The van der Waals surface area contributed by atoms with E-state index in [9.17, 15) is 9.18 Å². The number of rotatable bonds is 9. The van der Waals surface area contributed by atoms with Gasteiger partial charge in [-0.3, -0.25) is 4.79 Å². The first-order valence-corrected chi connectivity index (χ1v) is 11.8. The molecule has 1 heterocycles. The lowest BCUT2D eigenvalue weighted by Gasteiger charge is -2.15. The summed E-state index contributed by atoms with van der Waals surface area (Å²) in [5.74, 6) is 0.569. The minimum absolute atomic E-state index is 0.153. The molecular formula is C26H25FN4O2S. The maximum atomic E-state index is 14.0. The Hall–Kier alpha value is -3.65. The number of amides is 1. The van der Waals surface area contributed by atoms with Crippen LogP contribution in [-0.4, -0.2) is 33.0 Å². The molecule has 1 aromatic heterocycles. The van der Waals surface area contributed by atoms with Crippen LogP contribution >= 0.6 is 11.8 Å². The second-order valence-corrected chi connectivity index (χ2v) is 8.93. The Morgan fingerprint density at radius 3 is 2.50 bits per heavy atom. The van der Waals surface area contributed by atoms with Crippen LogP contribution in [0.2, 0.25) is 0 Å². The van der Waals surface area contributed by atoms with Crippen molar-refractivity contribution in [3.63, 3.8) is 0 Å². The van der Waals surface area contributed by atoms with Crippen molar-refractivity contribution < 1.29 is 13.9 Å². The topological polar surface area (TPSA) is 69.0 Å². The van der Waals surface area contributed by atoms with Crippen molar-refractivity contribution in [2.24, 2.45) is 0 Å². The summed E-state index contributed by atoms with van der Waals surface area (Å²) in [5, 5.41) is 11.6. The van der Waals surface area contributed by atoms with Crippen LogP contribution in [0.15, 0.2) is 84.0 Å². The van der Waals surface area contributed by atoms with Crippen LogP contribution in [0.1, 0.15) is 12.5 Å². The molecule has 1 amide bonds. The smallest absolute Gasteiger partial charge is 0.237 e. The number of hydrogen-bond donors (Lipinski definition) is 1. The van der Waals surface area contributed by atoms with Gasteiger partial charge in [0, 0.05) is 6.54 Å². The summed E-state index contributed by atoms with van der Waals surface area (Å²) in [5.41, 5.74) is 2.16. The molecule has 0 aliphatic heterocycles. The van der Waals surface area contributed by atoms with Gasteiger partial charge in [-0.15, -0.1) is 10.2 Å². The van der Waals surface area contributed by atoms with Crippen LogP contribution < -0.4 is 10.1 Å². The molecule has 1 N–H and O–H groups in total. The van der Waals surface area contributed by atoms with E-state index in [2.05, 4.69) is 27.6 Å². The van der Waals surface area contributed by atoms with Crippen molar-refractivity contribution >= 4 is 23.4 Å². The van der Waals surface area contributed by atoms with Gasteiger partial charge in [-0.05, 0) is 43.2 Å². The second kappa shape index (κ2) is 11.0. The molecule has 0 bridgehead atoms. The van der Waals surface area contributed by atoms with Crippen LogP contribution in [0, 0.1) is 5.82 Å². The minimum Gasteiger partial charge on any atom is -0.496 e. The van der Waals surface area contributed by atoms with Crippen LogP contribution in [0.5, 0.6) is 5.75 Å². The van der Waals surface area contributed by atoms with Crippen molar-refractivity contribution in [3.05, 3.63) is 90.2 Å². The normalized spacial score (nSPS) is 11.7. The van der Waals surface area contributed by atoms with E-state index < -0.39 is 11.1 Å². The first-order valence-electron chi connectivity index (χ1n) is 10.9. The van der Waals surface area contributed by atoms with E-state index in [4.69, 9.17) is 4.74 Å². The molecule has 0 saturated heterocycles. The standard InChI is InChI=1S/C26H25FN4O2S/c1-18(25(32)28-22-14-8-7-13-21(22)27)34-26-30-29-24(20-12-6-9-15-23(20)33-2)31(26)17-16-19-10-4-3-5-11-19/h3-15,18H,16-17H2,1-2H3,(H,28,32). The fraction of sp³-hybridized carbons (Fsp3) is 0.192. The number of para-hydroxylation sites is 2. The molecule has 34 heavy (non-hydrogen) atoms. The molecule has 8 heteroatoms. The van der Waals surface area contributed by atoms with Gasteiger partial charge in [0.05, 0.1) is 23.6 Å². The number of hydrogen-bond acceptors (Lipinski definition) is 5. The van der Waals surface area contributed by atoms with Crippen molar-refractivity contribution in [2.45, 2.75) is 30.3 Å². The number of anilines is 1. The number of thioether (sulfide) groups is 1. The van der Waals surface area contributed by atoms with Crippen LogP contribution in [0.4, 0.5) is 10.1 Å². The van der Waals surface area contributed by atoms with Crippen molar-refractivity contribution in [1.82, 2.24) is 14.8 Å². The molecule has 1 unspecified atom stereocenters. The molecule has 0 spiro atoms. The minimum atomic E-state index is -0.523. The van der Waals surface area contributed by atoms with Gasteiger partial charge in [0.1, 0.15) is 11.6 Å². The molecular weight excluding hydrogens is 451 g/mol. The first kappa shape index (κ1) is 23.5. The van der Waals surface area contributed by atoms with Crippen molar-refractivity contribution in [1.29, 1.82) is 0 Å². The first-order chi connectivity index (χ1) is 16.6. The van der Waals surface area contributed by atoms with E-state index >= 15 is 0 Å². The average Bonchev–Trinajstić information content (AvgIpc) is 3.26. The molecule has 0 fully saturated rings. The molecule has 0 radical (unpaired) electrons. The van der Waals surface area contributed by atoms with Gasteiger partial charge in [-0.2, -0.15) is 0 Å². The van der Waals surface area contributed by atoms with Gasteiger partial charge in [-0.25, -0.2) is 4.39 Å². The van der Waals surface area contributed by atoms with Crippen LogP contribution in [-0.2, 0) is 17.8 Å². The number of nitrogens with one attached hydrogen (secondary N) is 1. The highest BCUT2D eigenvalue weighted by Crippen LogP contribution is 2.32. The highest BCUT2D eigenvalue weighted by molar-refractivity contribution is 8.00. The maximum Gasteiger partial charge on any atom is 0.237 e. The summed E-state index contributed by atoms with van der Waals surface area (Å²) in [6, 6.07) is 23.9. The summed E-state index contributed by atoms with van der Waals surface area (Å²) >= 11 is 1.28. The quantitative estimate of drug-likeness (QED) is 0.325. The van der Waals surface area contributed by atoms with E-state index in [1.54, 1.807) is 26.2 Å². The maximum absolute atomic E-state index is 14.0. The van der Waals surface area contributed by atoms with Crippen molar-refractivity contribution in [3.8, 4) is 17.1 Å². The fourth-order valence-electron chi connectivity index (χ4n) is 3.50. The summed E-state index contributed by atoms with van der Waals surface area (Å²) in [7, 11) is 1.62. The number of halogens is 1. The SMILES string of the molecule is COc1ccccc1-c1nnc(SC(C)C(=O)Nc2ccccc2F)n1CCc1ccccc1. The number of carbonyl (C=O) groups is 1. The van der Waals surface area contributed by atoms with E-state index in [-0.39, 0.29) is 11.6 Å². The Kier molecular flexibility index (Phi) is 7.59. The Morgan fingerprint density at radius 2 is 1.74 bits per heavy atom. The Bertz CT molecular complexity index is 1260. The summed E-state index contributed by atoms with van der Waals surface area (Å²) < 4.78 is 21.5. The molecule has 3 aromatic carbocycles. The number of nitrogens with zero attached hydrogens (tertiary/aromatic N) is 3. The zero-order valence-electron chi connectivity index (χ0n) is 18.9. The van der Waals surface area contributed by atoms with Gasteiger partial charge < -0.3 is 14.6 Å². The Labute approximate surface area is 202 Å². The van der Waals surface area contributed by atoms with Gasteiger partial charge in [-0.1, -0.05) is 66.4 Å². The lowest BCUT2D eigenvalue weighted by Crippen LogP contribution is -2.23. The molecule has 0 aliphatic carbocycles. The third-order valence-electron chi connectivity index (χ3n) is 5.31. The number of benzene rings is 3.